The molecular formula is C11H19N3O. The Balaban J connectivity index is 2.04. The van der Waals surface area contributed by atoms with Gasteiger partial charge >= 0.3 is 6.03 Å². The van der Waals surface area contributed by atoms with E-state index >= 15 is 0 Å². The predicted molar refractivity (Wildman–Crippen MR) is 59.3 cm³/mol. The van der Waals surface area contributed by atoms with Crippen molar-refractivity contribution in [2.24, 2.45) is 34.5 Å². The van der Waals surface area contributed by atoms with Crippen LogP contribution >= 0.6 is 0 Å². The van der Waals surface area contributed by atoms with Crippen molar-refractivity contribution in [2.75, 3.05) is 0 Å². The number of hydrogen-bond donors (Lipinski definition) is 2. The largest absolute Gasteiger partial charge is 0.350 e. The maximum absolute atomic E-state index is 10.6. The number of hydrazone groups is 1. The molecule has 84 valence electrons. The first kappa shape index (κ1) is 10.5. The van der Waals surface area contributed by atoms with E-state index in [2.05, 4.69) is 17.5 Å². The van der Waals surface area contributed by atoms with Gasteiger partial charge < -0.3 is 5.73 Å². The molecule has 0 spiro atoms. The van der Waals surface area contributed by atoms with Gasteiger partial charge in [0.25, 0.3) is 0 Å². The molecule has 0 aromatic carbocycles. The fourth-order valence-electron chi connectivity index (χ4n) is 3.52. The summed E-state index contributed by atoms with van der Waals surface area (Å²) in [5, 5.41) is 4.07. The molecule has 2 aliphatic carbocycles. The van der Waals surface area contributed by atoms with E-state index in [1.165, 1.54) is 19.3 Å². The van der Waals surface area contributed by atoms with Crippen LogP contribution in [0.3, 0.4) is 0 Å². The van der Waals surface area contributed by atoms with Crippen LogP contribution in [0.4, 0.5) is 4.79 Å². The summed E-state index contributed by atoms with van der Waals surface area (Å²) in [4.78, 5) is 10.6. The summed E-state index contributed by atoms with van der Waals surface area (Å²) < 4.78 is 0. The van der Waals surface area contributed by atoms with E-state index in [1.807, 2.05) is 6.92 Å². The lowest BCUT2D eigenvalue weighted by Crippen LogP contribution is -2.30. The van der Waals surface area contributed by atoms with Crippen molar-refractivity contribution in [1.29, 1.82) is 0 Å². The van der Waals surface area contributed by atoms with Crippen LogP contribution in [-0.4, -0.2) is 11.7 Å². The van der Waals surface area contributed by atoms with Gasteiger partial charge in [0.1, 0.15) is 0 Å². The Hall–Kier alpha value is -1.06. The average molecular weight is 209 g/mol. The molecule has 2 fully saturated rings. The number of primary amides is 1. The van der Waals surface area contributed by atoms with E-state index in [0.717, 1.165) is 17.5 Å². The summed E-state index contributed by atoms with van der Waals surface area (Å²) in [5.41, 5.74) is 8.36. The van der Waals surface area contributed by atoms with Crippen LogP contribution < -0.4 is 11.2 Å². The topological polar surface area (TPSA) is 67.5 Å². The Labute approximate surface area is 90.3 Å². The minimum Gasteiger partial charge on any atom is -0.350 e. The lowest BCUT2D eigenvalue weighted by molar-refractivity contribution is 0.249. The molecule has 0 aliphatic heterocycles. The fourth-order valence-corrected chi connectivity index (χ4v) is 3.52. The minimum absolute atomic E-state index is 0.551. The van der Waals surface area contributed by atoms with Crippen LogP contribution in [0.1, 0.15) is 33.1 Å². The maximum Gasteiger partial charge on any atom is 0.332 e. The summed E-state index contributed by atoms with van der Waals surface area (Å²) in [6.07, 6.45) is 4.04. The highest BCUT2D eigenvalue weighted by atomic mass is 16.2. The Kier molecular flexibility index (Phi) is 2.67. The van der Waals surface area contributed by atoms with Gasteiger partial charge in [-0.25, -0.2) is 10.2 Å². The fraction of sp³-hybridized carbons (Fsp3) is 0.818. The number of nitrogens with two attached hydrogens (primary N) is 1. The summed E-state index contributed by atoms with van der Waals surface area (Å²) in [7, 11) is 0. The molecule has 4 atom stereocenters. The van der Waals surface area contributed by atoms with Gasteiger partial charge in [-0.2, -0.15) is 5.10 Å². The molecule has 0 saturated heterocycles. The van der Waals surface area contributed by atoms with Gasteiger partial charge in [-0.05, 0) is 43.9 Å². The number of amides is 2. The van der Waals surface area contributed by atoms with Crippen LogP contribution in [0.2, 0.25) is 0 Å². The highest BCUT2D eigenvalue weighted by Gasteiger charge is 2.46. The molecule has 3 N–H and O–H groups in total. The SMILES string of the molecule is C/C(=N/NC(N)=O)C1C2CCC(C2)C1C. The molecule has 4 nitrogen and oxygen atoms in total. The van der Waals surface area contributed by atoms with Crippen LogP contribution in [0.15, 0.2) is 5.10 Å². The summed E-state index contributed by atoms with van der Waals surface area (Å²) in [6.45, 7) is 4.30. The molecule has 0 aromatic rings. The monoisotopic (exact) mass is 209 g/mol. The summed E-state index contributed by atoms with van der Waals surface area (Å²) in [6, 6.07) is -0.579. The molecule has 4 heteroatoms. The zero-order valence-corrected chi connectivity index (χ0v) is 9.36. The molecule has 15 heavy (non-hydrogen) atoms. The molecule has 0 heterocycles. The third-order valence-electron chi connectivity index (χ3n) is 4.16. The van der Waals surface area contributed by atoms with E-state index in [1.54, 1.807) is 0 Å². The zero-order valence-electron chi connectivity index (χ0n) is 9.36. The first-order valence-electron chi connectivity index (χ1n) is 5.69. The number of urea groups is 1. The molecule has 2 aliphatic rings. The Morgan fingerprint density at radius 1 is 1.40 bits per heavy atom. The number of carbonyl (C=O) groups is 1. The van der Waals surface area contributed by atoms with E-state index in [-0.39, 0.29) is 0 Å². The lowest BCUT2D eigenvalue weighted by Gasteiger charge is -2.27. The van der Waals surface area contributed by atoms with Gasteiger partial charge in [0.15, 0.2) is 0 Å². The molecule has 4 unspecified atom stereocenters. The van der Waals surface area contributed by atoms with Crippen molar-refractivity contribution in [3.63, 3.8) is 0 Å². The van der Waals surface area contributed by atoms with Crippen LogP contribution in [0.25, 0.3) is 0 Å². The highest BCUT2D eigenvalue weighted by molar-refractivity contribution is 5.86. The van der Waals surface area contributed by atoms with Crippen molar-refractivity contribution in [3.05, 3.63) is 0 Å². The number of rotatable bonds is 2. The zero-order chi connectivity index (χ0) is 11.0. The number of fused-ring (bicyclic) bond motifs is 2. The van der Waals surface area contributed by atoms with E-state index in [4.69, 9.17) is 5.73 Å². The molecule has 2 rings (SSSR count). The van der Waals surface area contributed by atoms with Crippen molar-refractivity contribution in [2.45, 2.75) is 33.1 Å². The number of carbonyl (C=O) groups excluding carboxylic acids is 1. The van der Waals surface area contributed by atoms with Gasteiger partial charge in [0, 0.05) is 11.6 Å². The van der Waals surface area contributed by atoms with Gasteiger partial charge in [-0.15, -0.1) is 0 Å². The van der Waals surface area contributed by atoms with Crippen LogP contribution in [0.5, 0.6) is 0 Å². The molecular weight excluding hydrogens is 190 g/mol. The Morgan fingerprint density at radius 2 is 2.07 bits per heavy atom. The molecule has 0 aromatic heterocycles. The van der Waals surface area contributed by atoms with Gasteiger partial charge in [-0.3, -0.25) is 0 Å². The summed E-state index contributed by atoms with van der Waals surface area (Å²) in [5.74, 6) is 2.92. The lowest BCUT2D eigenvalue weighted by atomic mass is 9.78. The minimum atomic E-state index is -0.579. The van der Waals surface area contributed by atoms with Crippen LogP contribution in [-0.2, 0) is 0 Å². The molecule has 0 radical (unpaired) electrons. The molecule has 2 saturated carbocycles. The molecule has 2 bridgehead atoms. The van der Waals surface area contributed by atoms with Crippen LogP contribution in [0, 0.1) is 23.7 Å². The van der Waals surface area contributed by atoms with Crippen molar-refractivity contribution >= 4 is 11.7 Å². The number of nitrogens with one attached hydrogen (secondary N) is 1. The first-order chi connectivity index (χ1) is 7.09. The Morgan fingerprint density at radius 3 is 2.60 bits per heavy atom. The first-order valence-corrected chi connectivity index (χ1v) is 5.69. The predicted octanol–water partition coefficient (Wildman–Crippen LogP) is 1.71. The third-order valence-corrected chi connectivity index (χ3v) is 4.16. The second-order valence-electron chi connectivity index (χ2n) is 4.95. The van der Waals surface area contributed by atoms with Gasteiger partial charge in [-0.1, -0.05) is 6.92 Å². The normalized spacial score (nSPS) is 39.5. The maximum atomic E-state index is 10.6. The van der Waals surface area contributed by atoms with Crippen molar-refractivity contribution in [1.82, 2.24) is 5.43 Å². The third kappa shape index (κ3) is 1.85. The summed E-state index contributed by atoms with van der Waals surface area (Å²) >= 11 is 0. The van der Waals surface area contributed by atoms with E-state index < -0.39 is 6.03 Å². The quantitative estimate of drug-likeness (QED) is 0.527. The number of nitrogens with zero attached hydrogens (tertiary/aromatic N) is 1. The van der Waals surface area contributed by atoms with Crippen molar-refractivity contribution in [3.8, 4) is 0 Å². The smallest absolute Gasteiger partial charge is 0.332 e. The second kappa shape index (κ2) is 3.83. The van der Waals surface area contributed by atoms with Gasteiger partial charge in [0.2, 0.25) is 0 Å². The van der Waals surface area contributed by atoms with E-state index in [0.29, 0.717) is 11.8 Å². The number of hydrogen-bond acceptors (Lipinski definition) is 2. The second-order valence-corrected chi connectivity index (χ2v) is 4.95. The standard InChI is InChI=1S/C11H19N3O/c1-6-8-3-4-9(5-8)10(6)7(2)13-14-11(12)15/h6,8-10H,3-5H2,1-2H3,(H3,12,14,15)/b13-7-. The molecule has 2 amide bonds. The van der Waals surface area contributed by atoms with E-state index in [9.17, 15) is 4.79 Å². The average Bonchev–Trinajstić information content (AvgIpc) is 2.74. The van der Waals surface area contributed by atoms with Crippen molar-refractivity contribution < 1.29 is 4.79 Å². The highest BCUT2D eigenvalue weighted by Crippen LogP contribution is 2.52. The Bertz CT molecular complexity index is 298. The van der Waals surface area contributed by atoms with Gasteiger partial charge in [0.05, 0.1) is 0 Å².